The number of aryl methyl sites for hydroxylation is 1. The van der Waals surface area contributed by atoms with Crippen LogP contribution in [0.1, 0.15) is 31.5 Å². The molecule has 0 radical (unpaired) electrons. The van der Waals surface area contributed by atoms with Gasteiger partial charge in [0.15, 0.2) is 0 Å². The number of rotatable bonds is 3. The Hall–Kier alpha value is -1.61. The quantitative estimate of drug-likeness (QED) is 0.914. The van der Waals surface area contributed by atoms with Crippen LogP contribution in [0.5, 0.6) is 0 Å². The molecule has 1 saturated heterocycles. The van der Waals surface area contributed by atoms with Gasteiger partial charge in [-0.25, -0.2) is 4.98 Å². The van der Waals surface area contributed by atoms with Gasteiger partial charge in [-0.3, -0.25) is 0 Å². The third kappa shape index (κ3) is 2.19. The van der Waals surface area contributed by atoms with E-state index in [-0.39, 0.29) is 5.41 Å². The number of aromatic nitrogens is 2. The molecule has 3 rings (SSSR count). The summed E-state index contributed by atoms with van der Waals surface area (Å²) in [6.45, 7) is 6.64. The Morgan fingerprint density at radius 1 is 1.42 bits per heavy atom. The van der Waals surface area contributed by atoms with Crippen molar-refractivity contribution in [2.24, 2.45) is 0 Å². The number of nitrogens with one attached hydrogen (secondary N) is 1. The first-order valence-electron chi connectivity index (χ1n) is 7.06. The lowest BCUT2D eigenvalue weighted by Gasteiger charge is -2.24. The summed E-state index contributed by atoms with van der Waals surface area (Å²) in [6, 6.07) is 8.74. The fraction of sp³-hybridized carbons (Fsp3) is 0.438. The molecule has 0 spiro atoms. The van der Waals surface area contributed by atoms with Gasteiger partial charge in [-0.15, -0.1) is 0 Å². The standard InChI is InChI=1S/C16H21N3/c1-3-13-5-4-6-14(9-13)19-12-18-10-15(19)16(2)7-8-17-11-16/h4-6,9-10,12,17H,3,7-8,11H2,1-2H3. The first kappa shape index (κ1) is 12.4. The van der Waals surface area contributed by atoms with Gasteiger partial charge in [0, 0.05) is 29.5 Å². The van der Waals surface area contributed by atoms with Crippen LogP contribution in [-0.4, -0.2) is 22.6 Å². The van der Waals surface area contributed by atoms with Crippen molar-refractivity contribution in [1.29, 1.82) is 0 Å². The monoisotopic (exact) mass is 255 g/mol. The minimum atomic E-state index is 0.193. The van der Waals surface area contributed by atoms with Crippen LogP contribution in [0.4, 0.5) is 0 Å². The maximum absolute atomic E-state index is 4.38. The van der Waals surface area contributed by atoms with Gasteiger partial charge in [-0.05, 0) is 37.1 Å². The molecular weight excluding hydrogens is 234 g/mol. The van der Waals surface area contributed by atoms with Crippen molar-refractivity contribution in [3.05, 3.63) is 48.0 Å². The van der Waals surface area contributed by atoms with E-state index in [0.29, 0.717) is 0 Å². The first-order valence-corrected chi connectivity index (χ1v) is 7.06. The van der Waals surface area contributed by atoms with Gasteiger partial charge in [-0.2, -0.15) is 0 Å². The van der Waals surface area contributed by atoms with Gasteiger partial charge in [0.1, 0.15) is 0 Å². The summed E-state index contributed by atoms with van der Waals surface area (Å²) in [5, 5.41) is 3.46. The highest BCUT2D eigenvalue weighted by molar-refractivity contribution is 5.39. The summed E-state index contributed by atoms with van der Waals surface area (Å²) in [6.07, 6.45) is 6.20. The molecule has 3 nitrogen and oxygen atoms in total. The van der Waals surface area contributed by atoms with Crippen LogP contribution >= 0.6 is 0 Å². The van der Waals surface area contributed by atoms with Crippen molar-refractivity contribution in [3.8, 4) is 5.69 Å². The predicted octanol–water partition coefficient (Wildman–Crippen LogP) is 2.69. The zero-order valence-electron chi connectivity index (χ0n) is 11.7. The fourth-order valence-corrected chi connectivity index (χ4v) is 2.91. The summed E-state index contributed by atoms with van der Waals surface area (Å²) in [5.41, 5.74) is 4.09. The molecule has 1 aliphatic rings. The first-order chi connectivity index (χ1) is 9.23. The van der Waals surface area contributed by atoms with E-state index in [9.17, 15) is 0 Å². The third-order valence-electron chi connectivity index (χ3n) is 4.22. The molecule has 100 valence electrons. The average Bonchev–Trinajstić information content (AvgIpc) is 3.08. The predicted molar refractivity (Wildman–Crippen MR) is 77.8 cm³/mol. The Morgan fingerprint density at radius 2 is 2.32 bits per heavy atom. The second-order valence-corrected chi connectivity index (χ2v) is 5.66. The molecule has 0 amide bonds. The van der Waals surface area contributed by atoms with E-state index >= 15 is 0 Å². The van der Waals surface area contributed by atoms with E-state index < -0.39 is 0 Å². The molecular formula is C16H21N3. The Bertz CT molecular complexity index is 565. The highest BCUT2D eigenvalue weighted by atomic mass is 15.1. The van der Waals surface area contributed by atoms with Crippen LogP contribution < -0.4 is 5.32 Å². The minimum absolute atomic E-state index is 0.193. The highest BCUT2D eigenvalue weighted by Gasteiger charge is 2.33. The third-order valence-corrected chi connectivity index (χ3v) is 4.22. The average molecular weight is 255 g/mol. The fourth-order valence-electron chi connectivity index (χ4n) is 2.91. The maximum Gasteiger partial charge on any atom is 0.0994 e. The van der Waals surface area contributed by atoms with Gasteiger partial charge < -0.3 is 9.88 Å². The van der Waals surface area contributed by atoms with Crippen molar-refractivity contribution in [3.63, 3.8) is 0 Å². The number of hydrogen-bond donors (Lipinski definition) is 1. The van der Waals surface area contributed by atoms with Crippen LogP contribution in [-0.2, 0) is 11.8 Å². The molecule has 19 heavy (non-hydrogen) atoms. The smallest absolute Gasteiger partial charge is 0.0994 e. The number of nitrogens with zero attached hydrogens (tertiary/aromatic N) is 2. The Labute approximate surface area is 114 Å². The van der Waals surface area contributed by atoms with Crippen LogP contribution in [0.15, 0.2) is 36.8 Å². The molecule has 1 aromatic heterocycles. The van der Waals surface area contributed by atoms with E-state index in [2.05, 4.69) is 53.0 Å². The molecule has 1 N–H and O–H groups in total. The summed E-state index contributed by atoms with van der Waals surface area (Å²) in [5.74, 6) is 0. The van der Waals surface area contributed by atoms with Gasteiger partial charge in [0.05, 0.1) is 6.33 Å². The van der Waals surface area contributed by atoms with E-state index in [1.165, 1.54) is 23.4 Å². The summed E-state index contributed by atoms with van der Waals surface area (Å²) in [4.78, 5) is 4.38. The molecule has 0 saturated carbocycles. The topological polar surface area (TPSA) is 29.9 Å². The van der Waals surface area contributed by atoms with E-state index in [0.717, 1.165) is 19.5 Å². The van der Waals surface area contributed by atoms with Crippen LogP contribution in [0.2, 0.25) is 0 Å². The van der Waals surface area contributed by atoms with Crippen LogP contribution in [0.3, 0.4) is 0 Å². The molecule has 1 aliphatic heterocycles. The highest BCUT2D eigenvalue weighted by Crippen LogP contribution is 2.31. The lowest BCUT2D eigenvalue weighted by atomic mass is 9.86. The van der Waals surface area contributed by atoms with Crippen molar-refractivity contribution in [2.75, 3.05) is 13.1 Å². The molecule has 1 unspecified atom stereocenters. The van der Waals surface area contributed by atoms with E-state index in [1.54, 1.807) is 0 Å². The molecule has 2 aromatic rings. The zero-order chi connectivity index (χ0) is 13.3. The second-order valence-electron chi connectivity index (χ2n) is 5.66. The maximum atomic E-state index is 4.38. The molecule has 1 atom stereocenters. The van der Waals surface area contributed by atoms with Gasteiger partial charge in [-0.1, -0.05) is 26.0 Å². The lowest BCUT2D eigenvalue weighted by Crippen LogP contribution is -2.27. The van der Waals surface area contributed by atoms with Crippen LogP contribution in [0.25, 0.3) is 5.69 Å². The Balaban J connectivity index is 2.04. The molecule has 0 aliphatic carbocycles. The zero-order valence-corrected chi connectivity index (χ0v) is 11.7. The molecule has 1 aromatic carbocycles. The van der Waals surface area contributed by atoms with Crippen molar-refractivity contribution < 1.29 is 0 Å². The van der Waals surface area contributed by atoms with Gasteiger partial charge >= 0.3 is 0 Å². The van der Waals surface area contributed by atoms with Gasteiger partial charge in [0.2, 0.25) is 0 Å². The molecule has 0 bridgehead atoms. The molecule has 2 heterocycles. The minimum Gasteiger partial charge on any atom is -0.316 e. The van der Waals surface area contributed by atoms with Crippen LogP contribution in [0, 0.1) is 0 Å². The lowest BCUT2D eigenvalue weighted by molar-refractivity contribution is 0.499. The summed E-state index contributed by atoms with van der Waals surface area (Å²) in [7, 11) is 0. The van der Waals surface area contributed by atoms with Crippen molar-refractivity contribution >= 4 is 0 Å². The van der Waals surface area contributed by atoms with Crippen molar-refractivity contribution in [1.82, 2.24) is 14.9 Å². The second kappa shape index (κ2) is 4.82. The summed E-state index contributed by atoms with van der Waals surface area (Å²) >= 11 is 0. The Kier molecular flexibility index (Phi) is 3.15. The van der Waals surface area contributed by atoms with Crippen molar-refractivity contribution in [2.45, 2.75) is 32.1 Å². The van der Waals surface area contributed by atoms with E-state index in [1.807, 2.05) is 12.5 Å². The number of benzene rings is 1. The SMILES string of the molecule is CCc1cccc(-n2cncc2C2(C)CCNC2)c1. The summed E-state index contributed by atoms with van der Waals surface area (Å²) < 4.78 is 2.24. The Morgan fingerprint density at radius 3 is 3.05 bits per heavy atom. The van der Waals surface area contributed by atoms with E-state index in [4.69, 9.17) is 0 Å². The normalized spacial score (nSPS) is 22.8. The largest absolute Gasteiger partial charge is 0.316 e. The number of imidazole rings is 1. The molecule has 3 heteroatoms. The molecule has 1 fully saturated rings. The number of hydrogen-bond acceptors (Lipinski definition) is 2. The van der Waals surface area contributed by atoms with Gasteiger partial charge in [0.25, 0.3) is 0 Å².